The molecule has 0 unspecified atom stereocenters. The molecule has 1 aliphatic rings. The molecule has 4 rings (SSSR count). The summed E-state index contributed by atoms with van der Waals surface area (Å²) in [6, 6.07) is 7.94. The van der Waals surface area contributed by atoms with E-state index in [0.717, 1.165) is 36.3 Å². The molecule has 3 heterocycles. The maximum atomic E-state index is 13.1. The van der Waals surface area contributed by atoms with Crippen molar-refractivity contribution >= 4 is 5.91 Å². The largest absolute Gasteiger partial charge is 0.351 e. The fourth-order valence-corrected chi connectivity index (χ4v) is 3.72. The molecule has 0 N–H and O–H groups in total. The van der Waals surface area contributed by atoms with Gasteiger partial charge in [-0.1, -0.05) is 5.16 Å². The second-order valence-corrected chi connectivity index (χ2v) is 7.40. The standard InChI is InChI=1S/C21H23FN4O2/c1-13-11-18(14(2)25(13)3)21(27)26-10-4-5-16(12-26)20-23-19(24-28-20)15-6-8-17(22)9-7-15/h6-9,11,16H,4-5,10,12H2,1-3H3/t16-/m0/s1. The van der Waals surface area contributed by atoms with Crippen molar-refractivity contribution in [3.05, 3.63) is 59.0 Å². The van der Waals surface area contributed by atoms with Gasteiger partial charge >= 0.3 is 0 Å². The number of hydrogen-bond donors (Lipinski definition) is 0. The Labute approximate surface area is 163 Å². The number of benzene rings is 1. The number of hydrogen-bond acceptors (Lipinski definition) is 4. The highest BCUT2D eigenvalue weighted by atomic mass is 19.1. The van der Waals surface area contributed by atoms with Gasteiger partial charge in [-0.2, -0.15) is 4.98 Å². The second-order valence-electron chi connectivity index (χ2n) is 7.40. The molecule has 0 bridgehead atoms. The Morgan fingerprint density at radius 2 is 2.00 bits per heavy atom. The first-order valence-electron chi connectivity index (χ1n) is 9.46. The third-order valence-electron chi connectivity index (χ3n) is 5.61. The highest BCUT2D eigenvalue weighted by Crippen LogP contribution is 2.29. The Morgan fingerprint density at radius 3 is 2.68 bits per heavy atom. The Kier molecular flexibility index (Phi) is 4.75. The van der Waals surface area contributed by atoms with Crippen LogP contribution in [0.25, 0.3) is 11.4 Å². The molecule has 1 fully saturated rings. The van der Waals surface area contributed by atoms with E-state index in [2.05, 4.69) is 10.1 Å². The minimum Gasteiger partial charge on any atom is -0.351 e. The normalized spacial score (nSPS) is 17.1. The molecule has 28 heavy (non-hydrogen) atoms. The quantitative estimate of drug-likeness (QED) is 0.690. The number of carbonyl (C=O) groups excluding carboxylic acids is 1. The van der Waals surface area contributed by atoms with E-state index in [9.17, 15) is 9.18 Å². The number of halogens is 1. The van der Waals surface area contributed by atoms with Gasteiger partial charge in [0.1, 0.15) is 5.82 Å². The van der Waals surface area contributed by atoms with Gasteiger partial charge in [0, 0.05) is 37.1 Å². The first kappa shape index (κ1) is 18.4. The maximum absolute atomic E-state index is 13.1. The Morgan fingerprint density at radius 1 is 1.25 bits per heavy atom. The van der Waals surface area contributed by atoms with E-state index in [4.69, 9.17) is 4.52 Å². The lowest BCUT2D eigenvalue weighted by molar-refractivity contribution is 0.0695. The molecule has 0 spiro atoms. The number of aromatic nitrogens is 3. The lowest BCUT2D eigenvalue weighted by Crippen LogP contribution is -2.39. The van der Waals surface area contributed by atoms with Crippen LogP contribution in [-0.2, 0) is 7.05 Å². The Bertz CT molecular complexity index is 1010. The highest BCUT2D eigenvalue weighted by Gasteiger charge is 2.30. The predicted octanol–water partition coefficient (Wildman–Crippen LogP) is 3.85. The lowest BCUT2D eigenvalue weighted by Gasteiger charge is -2.31. The molecule has 0 radical (unpaired) electrons. The average molecular weight is 382 g/mol. The zero-order valence-electron chi connectivity index (χ0n) is 16.3. The smallest absolute Gasteiger partial charge is 0.255 e. The molecule has 3 aromatic rings. The molecule has 0 aliphatic carbocycles. The number of piperidine rings is 1. The summed E-state index contributed by atoms with van der Waals surface area (Å²) in [5.74, 6) is 0.708. The number of amides is 1. The molecule has 146 valence electrons. The van der Waals surface area contributed by atoms with Crippen LogP contribution >= 0.6 is 0 Å². The maximum Gasteiger partial charge on any atom is 0.255 e. The molecular weight excluding hydrogens is 359 g/mol. The van der Waals surface area contributed by atoms with Crippen LogP contribution < -0.4 is 0 Å². The van der Waals surface area contributed by atoms with Gasteiger partial charge in [0.05, 0.1) is 11.5 Å². The van der Waals surface area contributed by atoms with Crippen LogP contribution in [0, 0.1) is 19.7 Å². The molecule has 1 saturated heterocycles. The summed E-state index contributed by atoms with van der Waals surface area (Å²) in [6.07, 6.45) is 1.77. The van der Waals surface area contributed by atoms with Gasteiger partial charge in [0.25, 0.3) is 5.91 Å². The van der Waals surface area contributed by atoms with E-state index in [1.165, 1.54) is 12.1 Å². The SMILES string of the molecule is Cc1cc(C(=O)N2CCC[C@H](c3nc(-c4ccc(F)cc4)no3)C2)c(C)n1C. The van der Waals surface area contributed by atoms with Crippen molar-refractivity contribution in [2.45, 2.75) is 32.6 Å². The molecule has 1 aromatic carbocycles. The monoisotopic (exact) mass is 382 g/mol. The summed E-state index contributed by atoms with van der Waals surface area (Å²) in [7, 11) is 1.97. The average Bonchev–Trinajstić information content (AvgIpc) is 3.29. The van der Waals surface area contributed by atoms with Crippen molar-refractivity contribution in [3.8, 4) is 11.4 Å². The van der Waals surface area contributed by atoms with E-state index in [0.29, 0.717) is 23.8 Å². The summed E-state index contributed by atoms with van der Waals surface area (Å²) in [5.41, 5.74) is 3.49. The minimum absolute atomic E-state index is 0.00418. The van der Waals surface area contributed by atoms with Crippen molar-refractivity contribution < 1.29 is 13.7 Å². The van der Waals surface area contributed by atoms with Gasteiger partial charge in [-0.3, -0.25) is 4.79 Å². The van der Waals surface area contributed by atoms with E-state index in [1.807, 2.05) is 36.4 Å². The summed E-state index contributed by atoms with van der Waals surface area (Å²) in [5, 5.41) is 4.03. The zero-order chi connectivity index (χ0) is 19.8. The van der Waals surface area contributed by atoms with Crippen LogP contribution in [0.1, 0.15) is 46.4 Å². The van der Waals surface area contributed by atoms with Crippen LogP contribution in [0.3, 0.4) is 0 Å². The lowest BCUT2D eigenvalue weighted by atomic mass is 9.97. The van der Waals surface area contributed by atoms with Crippen molar-refractivity contribution in [3.63, 3.8) is 0 Å². The van der Waals surface area contributed by atoms with Gasteiger partial charge in [-0.15, -0.1) is 0 Å². The number of aryl methyl sites for hydroxylation is 1. The van der Waals surface area contributed by atoms with Crippen LogP contribution in [0.2, 0.25) is 0 Å². The summed E-state index contributed by atoms with van der Waals surface area (Å²) in [4.78, 5) is 19.4. The summed E-state index contributed by atoms with van der Waals surface area (Å²) in [6.45, 7) is 5.24. The Hall–Kier alpha value is -2.96. The molecule has 2 aromatic heterocycles. The minimum atomic E-state index is -0.305. The van der Waals surface area contributed by atoms with E-state index < -0.39 is 0 Å². The molecular formula is C21H23FN4O2. The third kappa shape index (κ3) is 3.32. The number of likely N-dealkylation sites (tertiary alicyclic amines) is 1. The van der Waals surface area contributed by atoms with Gasteiger partial charge in [-0.05, 0) is 57.0 Å². The number of nitrogens with zero attached hydrogens (tertiary/aromatic N) is 4. The Balaban J connectivity index is 1.52. The van der Waals surface area contributed by atoms with Gasteiger partial charge in [-0.25, -0.2) is 4.39 Å². The molecule has 1 aliphatic heterocycles. The van der Waals surface area contributed by atoms with E-state index >= 15 is 0 Å². The van der Waals surface area contributed by atoms with Crippen molar-refractivity contribution in [2.75, 3.05) is 13.1 Å². The molecule has 6 nitrogen and oxygen atoms in total. The first-order valence-corrected chi connectivity index (χ1v) is 9.46. The van der Waals surface area contributed by atoms with Crippen LogP contribution in [0.4, 0.5) is 4.39 Å². The van der Waals surface area contributed by atoms with Crippen molar-refractivity contribution in [1.29, 1.82) is 0 Å². The molecule has 0 saturated carbocycles. The second kappa shape index (κ2) is 7.22. The van der Waals surface area contributed by atoms with E-state index in [1.54, 1.807) is 12.1 Å². The van der Waals surface area contributed by atoms with Crippen LogP contribution in [0.15, 0.2) is 34.9 Å². The first-order chi connectivity index (χ1) is 13.4. The zero-order valence-corrected chi connectivity index (χ0v) is 16.3. The predicted molar refractivity (Wildman–Crippen MR) is 102 cm³/mol. The third-order valence-corrected chi connectivity index (χ3v) is 5.61. The molecule has 7 heteroatoms. The van der Waals surface area contributed by atoms with Gasteiger partial charge in [0.2, 0.25) is 11.7 Å². The van der Waals surface area contributed by atoms with Crippen LogP contribution in [-0.4, -0.2) is 38.6 Å². The molecule has 1 amide bonds. The van der Waals surface area contributed by atoms with Gasteiger partial charge in [0.15, 0.2) is 0 Å². The summed E-state index contributed by atoms with van der Waals surface area (Å²) < 4.78 is 20.6. The van der Waals surface area contributed by atoms with Gasteiger partial charge < -0.3 is 14.0 Å². The number of carbonyl (C=O) groups is 1. The fourth-order valence-electron chi connectivity index (χ4n) is 3.72. The topological polar surface area (TPSA) is 64.2 Å². The van der Waals surface area contributed by atoms with E-state index in [-0.39, 0.29) is 17.6 Å². The summed E-state index contributed by atoms with van der Waals surface area (Å²) >= 11 is 0. The number of rotatable bonds is 3. The highest BCUT2D eigenvalue weighted by molar-refractivity contribution is 5.95. The fraction of sp³-hybridized carbons (Fsp3) is 0.381. The van der Waals surface area contributed by atoms with Crippen molar-refractivity contribution in [1.82, 2.24) is 19.6 Å². The van der Waals surface area contributed by atoms with Crippen LogP contribution in [0.5, 0.6) is 0 Å². The van der Waals surface area contributed by atoms with Crippen molar-refractivity contribution in [2.24, 2.45) is 7.05 Å². The molecule has 1 atom stereocenters.